The van der Waals surface area contributed by atoms with E-state index >= 15 is 0 Å². The van der Waals surface area contributed by atoms with Gasteiger partial charge in [-0.3, -0.25) is 19.2 Å². The summed E-state index contributed by atoms with van der Waals surface area (Å²) >= 11 is 0. The topological polar surface area (TPSA) is 221 Å². The van der Waals surface area contributed by atoms with Gasteiger partial charge < -0.3 is 62.7 Å². The van der Waals surface area contributed by atoms with E-state index in [0.29, 0.717) is 6.42 Å². The standard InChI is InChI=1S/C38H64O17/c1-9-11-13-14-15-17-19-46-36-29(45)33(31(21(4)47-36)53-26(42)18-16-12-10-2)54-38-35(52-25(8)41)34(32(22(5)49-38)51-24(7)40)55-37-28(44)27(43)30(20(3)48-37)50-23(6)39/h20-22,27-38,43-45H,9-19H2,1-8H3. The molecule has 3 heterocycles. The van der Waals surface area contributed by atoms with Crippen LogP contribution in [0.4, 0.5) is 0 Å². The van der Waals surface area contributed by atoms with Crippen LogP contribution in [-0.4, -0.2) is 138 Å². The second-order valence-corrected chi connectivity index (χ2v) is 14.6. The lowest BCUT2D eigenvalue weighted by Gasteiger charge is -2.49. The Bertz CT molecular complexity index is 1200. The van der Waals surface area contributed by atoms with Crippen molar-refractivity contribution >= 4 is 23.9 Å². The summed E-state index contributed by atoms with van der Waals surface area (Å²) in [6.45, 7) is 12.5. The summed E-state index contributed by atoms with van der Waals surface area (Å²) in [7, 11) is 0. The zero-order chi connectivity index (χ0) is 40.8. The Kier molecular flexibility index (Phi) is 19.7. The van der Waals surface area contributed by atoms with Crippen LogP contribution in [0, 0.1) is 0 Å². The highest BCUT2D eigenvalue weighted by Gasteiger charge is 2.56. The van der Waals surface area contributed by atoms with Crippen molar-refractivity contribution in [1.82, 2.24) is 0 Å². The minimum absolute atomic E-state index is 0.122. The van der Waals surface area contributed by atoms with E-state index in [2.05, 4.69) is 6.92 Å². The van der Waals surface area contributed by atoms with Crippen molar-refractivity contribution in [3.63, 3.8) is 0 Å². The Labute approximate surface area is 323 Å². The molecule has 3 rings (SSSR count). The maximum absolute atomic E-state index is 13.0. The molecule has 0 aliphatic carbocycles. The molecule has 17 nitrogen and oxygen atoms in total. The summed E-state index contributed by atoms with van der Waals surface area (Å²) in [4.78, 5) is 49.6. The van der Waals surface area contributed by atoms with E-state index in [1.165, 1.54) is 13.8 Å². The molecular formula is C38H64O17. The molecule has 3 N–H and O–H groups in total. The second-order valence-electron chi connectivity index (χ2n) is 14.6. The molecule has 17 heteroatoms. The SMILES string of the molecule is CCCCCCCCOC1OC(C)C(OC(=O)CCCCC)C(OC2OC(C)C(OC(C)=O)C(OC3OC(C)C(OC(C)=O)C(O)C3O)C2OC(C)=O)C1O. The molecule has 0 bridgehead atoms. The third kappa shape index (κ3) is 13.8. The second kappa shape index (κ2) is 23.1. The number of hydrogen-bond acceptors (Lipinski definition) is 17. The molecule has 0 amide bonds. The minimum Gasteiger partial charge on any atom is -0.457 e. The average Bonchev–Trinajstić information content (AvgIpc) is 3.11. The molecule has 0 aromatic heterocycles. The van der Waals surface area contributed by atoms with Gasteiger partial charge in [-0.2, -0.15) is 0 Å². The number of carbonyl (C=O) groups excluding carboxylic acids is 4. The van der Waals surface area contributed by atoms with Gasteiger partial charge >= 0.3 is 23.9 Å². The number of aliphatic hydroxyl groups excluding tert-OH is 3. The van der Waals surface area contributed by atoms with Gasteiger partial charge in [-0.15, -0.1) is 0 Å². The molecule has 3 fully saturated rings. The van der Waals surface area contributed by atoms with E-state index < -0.39 is 116 Å². The Morgan fingerprint density at radius 1 is 0.491 bits per heavy atom. The van der Waals surface area contributed by atoms with E-state index in [4.69, 9.17) is 47.4 Å². The molecule has 15 atom stereocenters. The van der Waals surface area contributed by atoms with E-state index in [9.17, 15) is 34.5 Å². The maximum atomic E-state index is 13.0. The highest BCUT2D eigenvalue weighted by atomic mass is 16.8. The number of unbranched alkanes of at least 4 members (excludes halogenated alkanes) is 7. The first-order valence-corrected chi connectivity index (χ1v) is 19.7. The van der Waals surface area contributed by atoms with Gasteiger partial charge in [-0.25, -0.2) is 0 Å². The molecule has 318 valence electrons. The Balaban J connectivity index is 1.94. The number of hydrogen-bond donors (Lipinski definition) is 3. The summed E-state index contributed by atoms with van der Waals surface area (Å²) < 4.78 is 58.9. The van der Waals surface area contributed by atoms with Crippen LogP contribution in [0.25, 0.3) is 0 Å². The Hall–Kier alpha value is -2.48. The lowest BCUT2D eigenvalue weighted by atomic mass is 9.96. The Morgan fingerprint density at radius 2 is 0.964 bits per heavy atom. The summed E-state index contributed by atoms with van der Waals surface area (Å²) in [5.41, 5.74) is 0. The molecule has 3 saturated heterocycles. The van der Waals surface area contributed by atoms with Crippen molar-refractivity contribution in [2.45, 2.75) is 212 Å². The van der Waals surface area contributed by atoms with Crippen LogP contribution in [0.2, 0.25) is 0 Å². The lowest BCUT2D eigenvalue weighted by Crippen LogP contribution is -2.67. The maximum Gasteiger partial charge on any atom is 0.306 e. The molecule has 55 heavy (non-hydrogen) atoms. The van der Waals surface area contributed by atoms with Crippen LogP contribution in [-0.2, 0) is 66.5 Å². The van der Waals surface area contributed by atoms with Crippen LogP contribution in [0.15, 0.2) is 0 Å². The van der Waals surface area contributed by atoms with Crippen molar-refractivity contribution in [3.05, 3.63) is 0 Å². The number of esters is 4. The van der Waals surface area contributed by atoms with Crippen LogP contribution in [0.3, 0.4) is 0 Å². The van der Waals surface area contributed by atoms with Gasteiger partial charge in [0.25, 0.3) is 0 Å². The lowest BCUT2D eigenvalue weighted by molar-refractivity contribution is -0.376. The summed E-state index contributed by atoms with van der Waals surface area (Å²) in [6.07, 6.45) is -11.7. The molecule has 0 spiro atoms. The van der Waals surface area contributed by atoms with Gasteiger partial charge in [0, 0.05) is 33.8 Å². The van der Waals surface area contributed by atoms with Gasteiger partial charge in [-0.05, 0) is 33.6 Å². The molecule has 0 radical (unpaired) electrons. The number of rotatable bonds is 20. The van der Waals surface area contributed by atoms with Crippen molar-refractivity contribution in [2.24, 2.45) is 0 Å². The zero-order valence-electron chi connectivity index (χ0n) is 33.5. The predicted octanol–water partition coefficient (Wildman–Crippen LogP) is 2.74. The Morgan fingerprint density at radius 3 is 1.58 bits per heavy atom. The highest BCUT2D eigenvalue weighted by molar-refractivity contribution is 5.69. The van der Waals surface area contributed by atoms with E-state index in [0.717, 1.165) is 72.1 Å². The van der Waals surface area contributed by atoms with E-state index in [-0.39, 0.29) is 13.0 Å². The molecule has 0 saturated carbocycles. The first-order valence-electron chi connectivity index (χ1n) is 19.7. The van der Waals surface area contributed by atoms with Gasteiger partial charge in [-0.1, -0.05) is 58.8 Å². The monoisotopic (exact) mass is 792 g/mol. The zero-order valence-corrected chi connectivity index (χ0v) is 33.5. The van der Waals surface area contributed by atoms with Crippen molar-refractivity contribution in [3.8, 4) is 0 Å². The number of carbonyl (C=O) groups is 4. The third-order valence-electron chi connectivity index (χ3n) is 9.78. The van der Waals surface area contributed by atoms with E-state index in [1.54, 1.807) is 6.92 Å². The first kappa shape index (κ1) is 46.9. The van der Waals surface area contributed by atoms with Crippen LogP contribution >= 0.6 is 0 Å². The fourth-order valence-electron chi connectivity index (χ4n) is 6.95. The van der Waals surface area contributed by atoms with Gasteiger partial charge in [0.2, 0.25) is 0 Å². The van der Waals surface area contributed by atoms with Crippen LogP contribution < -0.4 is 0 Å². The normalized spacial score (nSPS) is 36.5. The van der Waals surface area contributed by atoms with Crippen LogP contribution in [0.5, 0.6) is 0 Å². The molecule has 3 aliphatic rings. The largest absolute Gasteiger partial charge is 0.457 e. The molecule has 15 unspecified atom stereocenters. The smallest absolute Gasteiger partial charge is 0.306 e. The molecular weight excluding hydrogens is 728 g/mol. The average molecular weight is 793 g/mol. The molecule has 0 aromatic rings. The summed E-state index contributed by atoms with van der Waals surface area (Å²) in [5.74, 6) is -2.80. The van der Waals surface area contributed by atoms with Crippen molar-refractivity contribution < 1.29 is 81.9 Å². The molecule has 3 aliphatic heterocycles. The van der Waals surface area contributed by atoms with E-state index in [1.807, 2.05) is 6.92 Å². The van der Waals surface area contributed by atoms with Crippen molar-refractivity contribution in [2.75, 3.05) is 6.61 Å². The fraction of sp³-hybridized carbons (Fsp3) is 0.895. The quantitative estimate of drug-likeness (QED) is 0.0916. The molecule has 0 aromatic carbocycles. The fourth-order valence-corrected chi connectivity index (χ4v) is 6.95. The number of ether oxygens (including phenoxy) is 10. The third-order valence-corrected chi connectivity index (χ3v) is 9.78. The summed E-state index contributed by atoms with van der Waals surface area (Å²) in [6, 6.07) is 0. The first-order chi connectivity index (χ1) is 26.1. The van der Waals surface area contributed by atoms with Gasteiger partial charge in [0.15, 0.2) is 43.3 Å². The number of aliphatic hydroxyl groups is 3. The highest BCUT2D eigenvalue weighted by Crippen LogP contribution is 2.36. The predicted molar refractivity (Wildman–Crippen MR) is 191 cm³/mol. The van der Waals surface area contributed by atoms with Gasteiger partial charge in [0.1, 0.15) is 30.5 Å². The van der Waals surface area contributed by atoms with Gasteiger partial charge in [0.05, 0.1) is 18.3 Å². The van der Waals surface area contributed by atoms with Crippen LogP contribution in [0.1, 0.15) is 120 Å². The summed E-state index contributed by atoms with van der Waals surface area (Å²) in [5, 5.41) is 33.6. The minimum atomic E-state index is -1.78. The van der Waals surface area contributed by atoms with Crippen molar-refractivity contribution in [1.29, 1.82) is 0 Å².